The number of nitrogens with zero attached hydrogens (tertiary/aromatic N) is 4. The molecule has 1 aromatic heterocycles. The lowest BCUT2D eigenvalue weighted by molar-refractivity contribution is 0.269. The smallest absolute Gasteiger partial charge is 0.246 e. The van der Waals surface area contributed by atoms with Crippen LogP contribution in [0.5, 0.6) is 5.75 Å². The van der Waals surface area contributed by atoms with E-state index < -0.39 is 10.0 Å². The van der Waals surface area contributed by atoms with E-state index in [4.69, 9.17) is 16.3 Å². The van der Waals surface area contributed by atoms with E-state index in [1.165, 1.54) is 17.5 Å². The van der Waals surface area contributed by atoms with E-state index in [-0.39, 0.29) is 4.90 Å². The number of aromatic nitrogens is 2. The van der Waals surface area contributed by atoms with Gasteiger partial charge in [0.2, 0.25) is 10.0 Å². The van der Waals surface area contributed by atoms with Gasteiger partial charge < -0.3 is 9.30 Å². The largest absolute Gasteiger partial charge is 0.495 e. The van der Waals surface area contributed by atoms with Crippen LogP contribution in [0.4, 0.5) is 0 Å². The van der Waals surface area contributed by atoms with Crippen LogP contribution in [0, 0.1) is 0 Å². The van der Waals surface area contributed by atoms with Crippen LogP contribution in [-0.4, -0.2) is 60.5 Å². The molecule has 0 unspecified atom stereocenters. The van der Waals surface area contributed by atoms with Crippen LogP contribution >= 0.6 is 11.6 Å². The van der Waals surface area contributed by atoms with Crippen molar-refractivity contribution >= 4 is 21.6 Å². The summed E-state index contributed by atoms with van der Waals surface area (Å²) in [6.45, 7) is 3.07. The Hall–Kier alpha value is -1.61. The monoisotopic (exact) mass is 398 g/mol. The number of rotatable bonds is 5. The lowest BCUT2D eigenvalue weighted by Gasteiger charge is -2.22. The lowest BCUT2D eigenvalue weighted by atomic mass is 10.3. The summed E-state index contributed by atoms with van der Waals surface area (Å²) in [7, 11) is -0.250. The van der Waals surface area contributed by atoms with Crippen LogP contribution < -0.4 is 4.74 Å². The molecule has 0 saturated carbocycles. The van der Waals surface area contributed by atoms with Gasteiger partial charge in [0.05, 0.1) is 13.7 Å². The number of sulfonamides is 1. The fourth-order valence-corrected chi connectivity index (χ4v) is 4.97. The predicted octanol–water partition coefficient (Wildman–Crippen LogP) is 1.98. The van der Waals surface area contributed by atoms with Gasteiger partial charge in [-0.05, 0) is 31.2 Å². The molecule has 0 aliphatic carbocycles. The summed E-state index contributed by atoms with van der Waals surface area (Å²) in [5.41, 5.74) is 0. The van der Waals surface area contributed by atoms with Crippen LogP contribution in [-0.2, 0) is 23.6 Å². The Labute approximate surface area is 159 Å². The van der Waals surface area contributed by atoms with Crippen molar-refractivity contribution in [3.05, 3.63) is 41.4 Å². The highest BCUT2D eigenvalue weighted by atomic mass is 35.5. The number of halogens is 1. The molecule has 142 valence electrons. The molecule has 9 heteroatoms. The number of hydrogen-bond donors (Lipinski definition) is 0. The van der Waals surface area contributed by atoms with Gasteiger partial charge in [-0.25, -0.2) is 13.4 Å². The zero-order chi connectivity index (χ0) is 18.7. The minimum Gasteiger partial charge on any atom is -0.495 e. The van der Waals surface area contributed by atoms with Crippen LogP contribution in [0.3, 0.4) is 0 Å². The van der Waals surface area contributed by atoms with Crippen molar-refractivity contribution < 1.29 is 13.2 Å². The number of hydrogen-bond acceptors (Lipinski definition) is 5. The van der Waals surface area contributed by atoms with Crippen molar-refractivity contribution in [1.82, 2.24) is 18.8 Å². The number of ether oxygens (including phenoxy) is 1. The number of benzene rings is 1. The Morgan fingerprint density at radius 1 is 1.23 bits per heavy atom. The highest BCUT2D eigenvalue weighted by Gasteiger charge is 2.30. The molecular formula is C17H23ClN4O3S. The van der Waals surface area contributed by atoms with Crippen LogP contribution in [0.1, 0.15) is 12.2 Å². The van der Waals surface area contributed by atoms with Crippen molar-refractivity contribution in [3.8, 4) is 5.75 Å². The third-order valence-corrected chi connectivity index (χ3v) is 6.73. The number of aryl methyl sites for hydroxylation is 1. The molecule has 0 spiro atoms. The van der Waals surface area contributed by atoms with E-state index in [0.29, 0.717) is 37.0 Å². The molecule has 0 N–H and O–H groups in total. The van der Waals surface area contributed by atoms with Crippen LogP contribution in [0.15, 0.2) is 35.5 Å². The van der Waals surface area contributed by atoms with Crippen molar-refractivity contribution in [2.75, 3.05) is 33.3 Å². The molecule has 26 heavy (non-hydrogen) atoms. The maximum atomic E-state index is 13.1. The van der Waals surface area contributed by atoms with Crippen molar-refractivity contribution in [1.29, 1.82) is 0 Å². The van der Waals surface area contributed by atoms with E-state index in [1.54, 1.807) is 18.3 Å². The first-order chi connectivity index (χ1) is 12.4. The zero-order valence-corrected chi connectivity index (χ0v) is 16.5. The highest BCUT2D eigenvalue weighted by Crippen LogP contribution is 2.30. The lowest BCUT2D eigenvalue weighted by Crippen LogP contribution is -2.35. The molecule has 1 aliphatic rings. The van der Waals surface area contributed by atoms with E-state index in [1.807, 2.05) is 17.8 Å². The molecule has 1 saturated heterocycles. The van der Waals surface area contributed by atoms with Gasteiger partial charge in [-0.3, -0.25) is 4.90 Å². The number of imidazole rings is 1. The molecule has 0 radical (unpaired) electrons. The summed E-state index contributed by atoms with van der Waals surface area (Å²) in [5.74, 6) is 1.28. The molecule has 1 aliphatic heterocycles. The molecule has 3 rings (SSSR count). The Kier molecular flexibility index (Phi) is 5.86. The van der Waals surface area contributed by atoms with Gasteiger partial charge >= 0.3 is 0 Å². The Balaban J connectivity index is 1.76. The predicted molar refractivity (Wildman–Crippen MR) is 99.9 cm³/mol. The van der Waals surface area contributed by atoms with E-state index in [2.05, 4.69) is 9.88 Å². The van der Waals surface area contributed by atoms with E-state index >= 15 is 0 Å². The average Bonchev–Trinajstić information content (AvgIpc) is 2.87. The quantitative estimate of drug-likeness (QED) is 0.770. The minimum atomic E-state index is -3.67. The summed E-state index contributed by atoms with van der Waals surface area (Å²) >= 11 is 6.01. The SMILES string of the molecule is COc1ccc(Cl)cc1S(=O)(=O)N1CCCN(Cc2nccn2C)CC1. The molecule has 0 atom stereocenters. The van der Waals surface area contributed by atoms with Crippen LogP contribution in [0.25, 0.3) is 0 Å². The summed E-state index contributed by atoms with van der Waals surface area (Å²) in [4.78, 5) is 6.69. The topological polar surface area (TPSA) is 67.7 Å². The standard InChI is InChI=1S/C17H23ClN4O3S/c1-20-9-6-19-17(20)13-21-7-3-8-22(11-10-21)26(23,24)16-12-14(18)4-5-15(16)25-2/h4-6,9,12H,3,7-8,10-11,13H2,1-2H3. The fraction of sp³-hybridized carbons (Fsp3) is 0.471. The normalized spacial score (nSPS) is 17.2. The van der Waals surface area contributed by atoms with E-state index in [9.17, 15) is 8.42 Å². The zero-order valence-electron chi connectivity index (χ0n) is 14.9. The summed E-state index contributed by atoms with van der Waals surface area (Å²) < 4.78 is 34.9. The third-order valence-electron chi connectivity index (χ3n) is 4.58. The second-order valence-corrected chi connectivity index (χ2v) is 8.63. The Morgan fingerprint density at radius 2 is 2.04 bits per heavy atom. The van der Waals surface area contributed by atoms with Crippen LogP contribution in [0.2, 0.25) is 5.02 Å². The van der Waals surface area contributed by atoms with Crippen molar-refractivity contribution in [2.24, 2.45) is 7.05 Å². The molecule has 2 heterocycles. The van der Waals surface area contributed by atoms with Gasteiger partial charge in [0.25, 0.3) is 0 Å². The molecule has 0 amide bonds. The molecular weight excluding hydrogens is 376 g/mol. The molecule has 1 aromatic carbocycles. The molecule has 2 aromatic rings. The minimum absolute atomic E-state index is 0.116. The van der Waals surface area contributed by atoms with Gasteiger partial charge in [0.1, 0.15) is 16.5 Å². The molecule has 1 fully saturated rings. The first-order valence-electron chi connectivity index (χ1n) is 8.44. The number of methoxy groups -OCH3 is 1. The first-order valence-corrected chi connectivity index (χ1v) is 10.3. The highest BCUT2D eigenvalue weighted by molar-refractivity contribution is 7.89. The third kappa shape index (κ3) is 4.03. The fourth-order valence-electron chi connectivity index (χ4n) is 3.09. The molecule has 0 bridgehead atoms. The van der Waals surface area contributed by atoms with Crippen molar-refractivity contribution in [3.63, 3.8) is 0 Å². The summed E-state index contributed by atoms with van der Waals surface area (Å²) in [6.07, 6.45) is 4.44. The van der Waals surface area contributed by atoms with Gasteiger partial charge in [0, 0.05) is 44.1 Å². The second-order valence-electron chi connectivity index (χ2n) is 6.28. The second kappa shape index (κ2) is 7.96. The summed E-state index contributed by atoms with van der Waals surface area (Å²) in [6, 6.07) is 4.66. The van der Waals surface area contributed by atoms with Gasteiger partial charge in [-0.15, -0.1) is 0 Å². The van der Waals surface area contributed by atoms with Crippen molar-refractivity contribution in [2.45, 2.75) is 17.9 Å². The maximum Gasteiger partial charge on any atom is 0.246 e. The van der Waals surface area contributed by atoms with E-state index in [0.717, 1.165) is 18.8 Å². The Bertz CT molecular complexity index is 869. The van der Waals surface area contributed by atoms with Gasteiger partial charge in [0.15, 0.2) is 0 Å². The first kappa shape index (κ1) is 19.2. The molecule has 7 nitrogen and oxygen atoms in total. The van der Waals surface area contributed by atoms with Gasteiger partial charge in [-0.2, -0.15) is 4.31 Å². The average molecular weight is 399 g/mol. The summed E-state index contributed by atoms with van der Waals surface area (Å²) in [5, 5.41) is 0.371. The Morgan fingerprint density at radius 3 is 2.73 bits per heavy atom. The van der Waals surface area contributed by atoms with Gasteiger partial charge in [-0.1, -0.05) is 11.6 Å². The maximum absolute atomic E-state index is 13.1.